The van der Waals surface area contributed by atoms with Crippen LogP contribution in [-0.2, 0) is 0 Å². The normalized spacial score (nSPS) is 12.6. The maximum Gasteiger partial charge on any atom is 0.128 e. The Morgan fingerprint density at radius 3 is 2.57 bits per heavy atom. The number of aromatic nitrogens is 1. The molecular weight excluding hydrogens is 176 g/mol. The van der Waals surface area contributed by atoms with Gasteiger partial charge in [0.1, 0.15) is 5.82 Å². The van der Waals surface area contributed by atoms with Crippen molar-refractivity contribution in [1.82, 2.24) is 4.98 Å². The topological polar surface area (TPSA) is 36.4 Å². The summed E-state index contributed by atoms with van der Waals surface area (Å²) < 4.78 is 0. The van der Waals surface area contributed by atoms with E-state index in [2.05, 4.69) is 4.98 Å². The van der Waals surface area contributed by atoms with Crippen LogP contribution < -0.4 is 4.90 Å². The lowest BCUT2D eigenvalue weighted by molar-refractivity contribution is 0.172. The number of hydrogen-bond donors (Lipinski definition) is 1. The van der Waals surface area contributed by atoms with Crippen LogP contribution >= 0.6 is 0 Å². The Morgan fingerprint density at radius 2 is 2.14 bits per heavy atom. The van der Waals surface area contributed by atoms with Crippen molar-refractivity contribution in [1.29, 1.82) is 0 Å². The summed E-state index contributed by atoms with van der Waals surface area (Å²) in [7, 11) is 3.91. The molecule has 1 N–H and O–H groups in total. The molecule has 1 rings (SSSR count). The average Bonchev–Trinajstić information content (AvgIpc) is 2.16. The molecule has 1 aromatic heterocycles. The molecule has 1 heterocycles. The number of aliphatic hydroxyl groups excluding tert-OH is 1. The van der Waals surface area contributed by atoms with Crippen molar-refractivity contribution in [3.05, 3.63) is 23.4 Å². The second-order valence-electron chi connectivity index (χ2n) is 3.72. The Hall–Kier alpha value is -1.09. The summed E-state index contributed by atoms with van der Waals surface area (Å²) >= 11 is 0. The van der Waals surface area contributed by atoms with Gasteiger partial charge in [-0.05, 0) is 25.0 Å². The van der Waals surface area contributed by atoms with Crippen molar-refractivity contribution >= 4 is 5.82 Å². The van der Waals surface area contributed by atoms with E-state index in [1.165, 1.54) is 0 Å². The molecule has 0 aromatic carbocycles. The lowest BCUT2D eigenvalue weighted by atomic mass is 10.0. The van der Waals surface area contributed by atoms with E-state index in [1.54, 1.807) is 6.20 Å². The maximum absolute atomic E-state index is 9.69. The van der Waals surface area contributed by atoms with E-state index < -0.39 is 6.10 Å². The molecule has 0 saturated heterocycles. The van der Waals surface area contributed by atoms with E-state index in [0.717, 1.165) is 23.4 Å². The number of aryl methyl sites for hydroxylation is 1. The van der Waals surface area contributed by atoms with E-state index in [0.29, 0.717) is 0 Å². The minimum Gasteiger partial charge on any atom is -0.388 e. The Morgan fingerprint density at radius 1 is 1.50 bits per heavy atom. The van der Waals surface area contributed by atoms with Gasteiger partial charge < -0.3 is 10.0 Å². The minimum atomic E-state index is -0.390. The van der Waals surface area contributed by atoms with Crippen molar-refractivity contribution in [2.75, 3.05) is 19.0 Å². The van der Waals surface area contributed by atoms with Crippen LogP contribution in [-0.4, -0.2) is 24.2 Å². The van der Waals surface area contributed by atoms with Gasteiger partial charge >= 0.3 is 0 Å². The molecule has 0 fully saturated rings. The first-order valence-electron chi connectivity index (χ1n) is 4.88. The van der Waals surface area contributed by atoms with Crippen LogP contribution in [0.1, 0.15) is 30.6 Å². The highest BCUT2D eigenvalue weighted by Gasteiger charge is 2.09. The fourth-order valence-electron chi connectivity index (χ4n) is 1.37. The third-order valence-corrected chi connectivity index (χ3v) is 2.34. The summed E-state index contributed by atoms with van der Waals surface area (Å²) in [5.74, 6) is 0.926. The average molecular weight is 194 g/mol. The Labute approximate surface area is 85.4 Å². The number of anilines is 1. The van der Waals surface area contributed by atoms with Crippen LogP contribution in [0.3, 0.4) is 0 Å². The van der Waals surface area contributed by atoms with E-state index in [1.807, 2.05) is 38.9 Å². The van der Waals surface area contributed by atoms with Crippen molar-refractivity contribution in [2.24, 2.45) is 0 Å². The summed E-state index contributed by atoms with van der Waals surface area (Å²) in [4.78, 5) is 6.23. The van der Waals surface area contributed by atoms with Crippen LogP contribution in [0.2, 0.25) is 0 Å². The molecule has 0 aliphatic rings. The number of aliphatic hydroxyl groups is 1. The van der Waals surface area contributed by atoms with Crippen molar-refractivity contribution in [3.63, 3.8) is 0 Å². The van der Waals surface area contributed by atoms with Gasteiger partial charge in [-0.1, -0.05) is 6.92 Å². The van der Waals surface area contributed by atoms with Crippen molar-refractivity contribution in [2.45, 2.75) is 26.4 Å². The first-order chi connectivity index (χ1) is 6.56. The summed E-state index contributed by atoms with van der Waals surface area (Å²) in [6, 6.07) is 1.99. The SMILES string of the molecule is CCC(O)c1cnc(N(C)C)cc1C. The largest absolute Gasteiger partial charge is 0.388 e. The van der Waals surface area contributed by atoms with Crippen molar-refractivity contribution < 1.29 is 5.11 Å². The molecule has 78 valence electrons. The summed E-state index contributed by atoms with van der Waals surface area (Å²) in [6.45, 7) is 3.97. The fourth-order valence-corrected chi connectivity index (χ4v) is 1.37. The van der Waals surface area contributed by atoms with Gasteiger partial charge in [-0.15, -0.1) is 0 Å². The molecular formula is C11H18N2O. The molecule has 0 aliphatic carbocycles. The highest BCUT2D eigenvalue weighted by molar-refractivity contribution is 5.42. The second kappa shape index (κ2) is 4.42. The molecule has 1 aromatic rings. The molecule has 14 heavy (non-hydrogen) atoms. The van der Waals surface area contributed by atoms with Gasteiger partial charge in [-0.2, -0.15) is 0 Å². The van der Waals surface area contributed by atoms with Crippen LogP contribution in [0.5, 0.6) is 0 Å². The monoisotopic (exact) mass is 194 g/mol. The summed E-state index contributed by atoms with van der Waals surface area (Å²) in [6.07, 6.45) is 2.10. The predicted octanol–water partition coefficient (Wildman–Crippen LogP) is 1.90. The van der Waals surface area contributed by atoms with Gasteiger partial charge in [0.15, 0.2) is 0 Å². The highest BCUT2D eigenvalue weighted by Crippen LogP contribution is 2.21. The standard InChI is InChI=1S/C11H18N2O/c1-5-10(14)9-7-12-11(13(3)4)6-8(9)2/h6-7,10,14H,5H2,1-4H3. The minimum absolute atomic E-state index is 0.390. The van der Waals surface area contributed by atoms with Gasteiger partial charge in [-0.25, -0.2) is 4.98 Å². The number of hydrogen-bond acceptors (Lipinski definition) is 3. The predicted molar refractivity (Wildman–Crippen MR) is 58.6 cm³/mol. The molecule has 0 spiro atoms. The van der Waals surface area contributed by atoms with E-state index in [9.17, 15) is 5.11 Å². The molecule has 1 atom stereocenters. The van der Waals surface area contributed by atoms with Gasteiger partial charge in [0.2, 0.25) is 0 Å². The molecule has 3 heteroatoms. The van der Waals surface area contributed by atoms with Crippen LogP contribution in [0, 0.1) is 6.92 Å². The third-order valence-electron chi connectivity index (χ3n) is 2.34. The van der Waals surface area contributed by atoms with E-state index in [4.69, 9.17) is 0 Å². The van der Waals surface area contributed by atoms with Gasteiger partial charge in [0.25, 0.3) is 0 Å². The van der Waals surface area contributed by atoms with Crippen LogP contribution in [0.15, 0.2) is 12.3 Å². The van der Waals surface area contributed by atoms with Crippen LogP contribution in [0.4, 0.5) is 5.82 Å². The van der Waals surface area contributed by atoms with Gasteiger partial charge in [0.05, 0.1) is 6.10 Å². The molecule has 0 radical (unpaired) electrons. The van der Waals surface area contributed by atoms with E-state index >= 15 is 0 Å². The van der Waals surface area contributed by atoms with Gasteiger partial charge in [0, 0.05) is 25.9 Å². The number of rotatable bonds is 3. The maximum atomic E-state index is 9.69. The molecule has 0 aliphatic heterocycles. The molecule has 0 bridgehead atoms. The van der Waals surface area contributed by atoms with Crippen molar-refractivity contribution in [3.8, 4) is 0 Å². The Balaban J connectivity index is 3.01. The molecule has 1 unspecified atom stereocenters. The Kier molecular flexibility index (Phi) is 3.47. The zero-order chi connectivity index (χ0) is 10.7. The van der Waals surface area contributed by atoms with E-state index in [-0.39, 0.29) is 0 Å². The molecule has 0 saturated carbocycles. The smallest absolute Gasteiger partial charge is 0.128 e. The lowest BCUT2D eigenvalue weighted by Crippen LogP contribution is -2.11. The first kappa shape index (κ1) is 11.0. The van der Waals surface area contributed by atoms with Crippen LogP contribution in [0.25, 0.3) is 0 Å². The molecule has 3 nitrogen and oxygen atoms in total. The highest BCUT2D eigenvalue weighted by atomic mass is 16.3. The third kappa shape index (κ3) is 2.23. The zero-order valence-electron chi connectivity index (χ0n) is 9.28. The quantitative estimate of drug-likeness (QED) is 0.798. The second-order valence-corrected chi connectivity index (χ2v) is 3.72. The number of pyridine rings is 1. The fraction of sp³-hybridized carbons (Fsp3) is 0.545. The number of nitrogens with zero attached hydrogens (tertiary/aromatic N) is 2. The summed E-state index contributed by atoms with van der Waals surface area (Å²) in [5, 5.41) is 9.69. The zero-order valence-corrected chi connectivity index (χ0v) is 9.28. The Bertz CT molecular complexity index is 310. The first-order valence-corrected chi connectivity index (χ1v) is 4.88. The molecule has 0 amide bonds. The lowest BCUT2D eigenvalue weighted by Gasteiger charge is -2.15. The van der Waals surface area contributed by atoms with Gasteiger partial charge in [-0.3, -0.25) is 0 Å². The summed E-state index contributed by atoms with van der Waals surface area (Å²) in [5.41, 5.74) is 2.02.